The van der Waals surface area contributed by atoms with Gasteiger partial charge in [0.05, 0.1) is 6.26 Å². The maximum Gasteiger partial charge on any atom is 0.226 e. The molecule has 5 nitrogen and oxygen atoms in total. The lowest BCUT2D eigenvalue weighted by atomic mass is 9.91. The van der Waals surface area contributed by atoms with E-state index in [-0.39, 0.29) is 29.6 Å². The van der Waals surface area contributed by atoms with Crippen LogP contribution in [0.15, 0.2) is 42.5 Å². The van der Waals surface area contributed by atoms with Crippen molar-refractivity contribution in [2.75, 3.05) is 19.3 Å². The van der Waals surface area contributed by atoms with Gasteiger partial charge in [-0.25, -0.2) is 17.5 Å². The molecule has 1 aliphatic carbocycles. The molecule has 1 heterocycles. The number of halogens is 1. The van der Waals surface area contributed by atoms with Crippen LogP contribution in [0, 0.1) is 18.7 Å². The summed E-state index contributed by atoms with van der Waals surface area (Å²) in [5.74, 6) is -0.101. The van der Waals surface area contributed by atoms with Crippen LogP contribution in [0.4, 0.5) is 4.39 Å². The van der Waals surface area contributed by atoms with E-state index in [9.17, 15) is 17.6 Å². The van der Waals surface area contributed by atoms with Gasteiger partial charge in [0.2, 0.25) is 15.9 Å². The molecule has 2 fully saturated rings. The second kappa shape index (κ2) is 8.71. The van der Waals surface area contributed by atoms with Crippen molar-refractivity contribution in [1.29, 1.82) is 0 Å². The van der Waals surface area contributed by atoms with Gasteiger partial charge in [-0.3, -0.25) is 4.79 Å². The molecule has 1 saturated carbocycles. The van der Waals surface area contributed by atoms with Crippen LogP contribution in [0.1, 0.15) is 42.7 Å². The number of sulfonamides is 1. The Morgan fingerprint density at radius 3 is 2.55 bits per heavy atom. The highest BCUT2D eigenvalue weighted by molar-refractivity contribution is 7.88. The molecule has 3 atom stereocenters. The number of nitrogens with one attached hydrogen (secondary N) is 1. The quantitative estimate of drug-likeness (QED) is 0.762. The van der Waals surface area contributed by atoms with Gasteiger partial charge in [0, 0.05) is 25.0 Å². The third-order valence-electron chi connectivity index (χ3n) is 6.42. The molecular formula is C24H29FN2O3S. The summed E-state index contributed by atoms with van der Waals surface area (Å²) in [6.07, 6.45) is 4.08. The molecule has 0 aromatic heterocycles. The van der Waals surface area contributed by atoms with Crippen LogP contribution in [-0.2, 0) is 14.8 Å². The fourth-order valence-corrected chi connectivity index (χ4v) is 5.63. The van der Waals surface area contributed by atoms with Crippen LogP contribution in [0.25, 0.3) is 11.1 Å². The molecule has 2 aliphatic rings. The maximum atomic E-state index is 14.4. The van der Waals surface area contributed by atoms with Gasteiger partial charge < -0.3 is 4.90 Å². The van der Waals surface area contributed by atoms with Gasteiger partial charge in [0.1, 0.15) is 5.82 Å². The highest BCUT2D eigenvalue weighted by Gasteiger charge is 2.47. The highest BCUT2D eigenvalue weighted by atomic mass is 32.2. The van der Waals surface area contributed by atoms with Crippen molar-refractivity contribution in [3.63, 3.8) is 0 Å². The van der Waals surface area contributed by atoms with Crippen LogP contribution >= 0.6 is 0 Å². The van der Waals surface area contributed by atoms with E-state index in [1.807, 2.05) is 41.3 Å². The second-order valence-corrected chi connectivity index (χ2v) is 10.6. The van der Waals surface area contributed by atoms with E-state index in [1.54, 1.807) is 6.92 Å². The number of benzene rings is 2. The largest absolute Gasteiger partial charge is 0.342 e. The fraction of sp³-hybridized carbons (Fsp3) is 0.458. The first-order valence-electron chi connectivity index (χ1n) is 10.8. The van der Waals surface area contributed by atoms with Crippen LogP contribution in [0.2, 0.25) is 0 Å². The number of rotatable bonds is 5. The number of carbonyl (C=O) groups excluding carboxylic acids is 1. The average molecular weight is 445 g/mol. The van der Waals surface area contributed by atoms with Gasteiger partial charge in [-0.15, -0.1) is 0 Å². The maximum absolute atomic E-state index is 14.4. The van der Waals surface area contributed by atoms with E-state index in [0.29, 0.717) is 25.1 Å². The fourth-order valence-electron chi connectivity index (χ4n) is 4.79. The Balaban J connectivity index is 1.49. The Hall–Kier alpha value is -2.25. The Morgan fingerprint density at radius 1 is 1.10 bits per heavy atom. The standard InChI is InChI=1S/C24H29FN2O3S/c1-16-22(25)11-10-19(23(16)17-7-4-3-5-8-17)20-15-21(20)24(28)27-13-6-9-18(12-14-27)26-31(2,29)30/h3-5,7-8,10-11,18,20-21,26H,6,9,12-15H2,1-2H3/t18-,20+,21-/m1/s1. The SMILES string of the molecule is Cc1c(F)ccc([C@@H]2C[C@H]2C(=O)N2CCC[C@@H](NS(C)(=O)=O)CC2)c1-c1ccccc1. The van der Waals surface area contributed by atoms with Crippen molar-refractivity contribution < 1.29 is 17.6 Å². The topological polar surface area (TPSA) is 66.5 Å². The molecule has 1 saturated heterocycles. The number of likely N-dealkylation sites (tertiary alicyclic amines) is 1. The highest BCUT2D eigenvalue weighted by Crippen LogP contribution is 2.52. The van der Waals surface area contributed by atoms with E-state index in [0.717, 1.165) is 36.0 Å². The summed E-state index contributed by atoms with van der Waals surface area (Å²) in [6.45, 7) is 3.01. The van der Waals surface area contributed by atoms with Gasteiger partial charge in [0.25, 0.3) is 0 Å². The minimum atomic E-state index is -3.25. The molecule has 1 amide bonds. The Morgan fingerprint density at radius 2 is 1.84 bits per heavy atom. The van der Waals surface area contributed by atoms with Crippen molar-refractivity contribution in [1.82, 2.24) is 9.62 Å². The number of hydrogen-bond donors (Lipinski definition) is 1. The predicted molar refractivity (Wildman–Crippen MR) is 120 cm³/mol. The molecule has 0 unspecified atom stereocenters. The summed E-state index contributed by atoms with van der Waals surface area (Å²) in [5, 5.41) is 0. The molecule has 2 aromatic rings. The first kappa shape index (κ1) is 22.0. The van der Waals surface area contributed by atoms with Crippen molar-refractivity contribution in [2.45, 2.75) is 44.6 Å². The van der Waals surface area contributed by atoms with Gasteiger partial charge in [0.15, 0.2) is 0 Å². The lowest BCUT2D eigenvalue weighted by molar-refractivity contribution is -0.132. The lowest BCUT2D eigenvalue weighted by Gasteiger charge is -2.21. The van der Waals surface area contributed by atoms with Crippen molar-refractivity contribution in [3.8, 4) is 11.1 Å². The van der Waals surface area contributed by atoms with E-state index in [1.165, 1.54) is 12.3 Å². The number of carbonyl (C=O) groups is 1. The van der Waals surface area contributed by atoms with Crippen LogP contribution in [-0.4, -0.2) is 44.6 Å². The normalized spacial score (nSPS) is 24.0. The summed E-state index contributed by atoms with van der Waals surface area (Å²) in [5.41, 5.74) is 3.52. The summed E-state index contributed by atoms with van der Waals surface area (Å²) in [4.78, 5) is 15.1. The van der Waals surface area contributed by atoms with Crippen LogP contribution in [0.3, 0.4) is 0 Å². The van der Waals surface area contributed by atoms with Gasteiger partial charge in [-0.1, -0.05) is 36.4 Å². The lowest BCUT2D eigenvalue weighted by Crippen LogP contribution is -2.36. The minimum Gasteiger partial charge on any atom is -0.342 e. The van der Waals surface area contributed by atoms with Crippen LogP contribution in [0.5, 0.6) is 0 Å². The first-order chi connectivity index (χ1) is 14.7. The monoisotopic (exact) mass is 444 g/mol. The predicted octanol–water partition coefficient (Wildman–Crippen LogP) is 3.83. The molecule has 0 spiro atoms. The Bertz CT molecular complexity index is 1070. The zero-order valence-electron chi connectivity index (χ0n) is 18.0. The van der Waals surface area contributed by atoms with Crippen LogP contribution < -0.4 is 4.72 Å². The molecule has 4 rings (SSSR count). The van der Waals surface area contributed by atoms with Crippen molar-refractivity contribution in [3.05, 3.63) is 59.4 Å². The van der Waals surface area contributed by atoms with Gasteiger partial charge in [-0.05, 0) is 66.8 Å². The third-order valence-corrected chi connectivity index (χ3v) is 7.18. The number of amides is 1. The van der Waals surface area contributed by atoms with E-state index < -0.39 is 10.0 Å². The van der Waals surface area contributed by atoms with Gasteiger partial charge in [-0.2, -0.15) is 0 Å². The average Bonchev–Trinajstić information content (AvgIpc) is 3.53. The summed E-state index contributed by atoms with van der Waals surface area (Å²) in [6, 6.07) is 13.0. The van der Waals surface area contributed by atoms with E-state index >= 15 is 0 Å². The van der Waals surface area contributed by atoms with Gasteiger partial charge >= 0.3 is 0 Å². The van der Waals surface area contributed by atoms with E-state index in [2.05, 4.69) is 4.72 Å². The van der Waals surface area contributed by atoms with Crippen molar-refractivity contribution in [2.24, 2.45) is 5.92 Å². The first-order valence-corrected chi connectivity index (χ1v) is 12.7. The summed E-state index contributed by atoms with van der Waals surface area (Å²) < 4.78 is 40.1. The number of hydrogen-bond acceptors (Lipinski definition) is 3. The molecule has 0 radical (unpaired) electrons. The number of nitrogens with zero attached hydrogens (tertiary/aromatic N) is 1. The van der Waals surface area contributed by atoms with E-state index in [4.69, 9.17) is 0 Å². The second-order valence-electron chi connectivity index (χ2n) is 8.79. The zero-order valence-corrected chi connectivity index (χ0v) is 18.8. The zero-order chi connectivity index (χ0) is 22.2. The molecule has 7 heteroatoms. The summed E-state index contributed by atoms with van der Waals surface area (Å²) >= 11 is 0. The molecule has 0 bridgehead atoms. The minimum absolute atomic E-state index is 0.0910. The molecule has 1 aliphatic heterocycles. The van der Waals surface area contributed by atoms with Crippen molar-refractivity contribution >= 4 is 15.9 Å². The molecular weight excluding hydrogens is 415 g/mol. The Labute approximate surface area is 183 Å². The molecule has 1 N–H and O–H groups in total. The Kier molecular flexibility index (Phi) is 6.17. The smallest absolute Gasteiger partial charge is 0.226 e. The molecule has 2 aromatic carbocycles. The molecule has 31 heavy (non-hydrogen) atoms. The third kappa shape index (κ3) is 4.99. The summed E-state index contributed by atoms with van der Waals surface area (Å²) in [7, 11) is -3.25. The molecule has 166 valence electrons.